The third-order valence-corrected chi connectivity index (χ3v) is 4.62. The first-order chi connectivity index (χ1) is 5.54. The Bertz CT molecular complexity index is 338. The van der Waals surface area contributed by atoms with Crippen LogP contribution in [0.1, 0.15) is 10.4 Å². The number of halogens is 3. The molecule has 0 aliphatic heterocycles. The average molecular weight is 453 g/mol. The number of hydrogen-bond acceptors (Lipinski definition) is 1. The van der Waals surface area contributed by atoms with E-state index in [0.717, 1.165) is 7.14 Å². The molecular weight excluding hydrogens is 450 g/mol. The van der Waals surface area contributed by atoms with Crippen molar-refractivity contribution in [2.75, 3.05) is 0 Å². The standard InChI is InChI=1S/C7H3BrI2O2/c8-6-4(10)2-1-3(9)5(6)7(11)12/h1-2H,(H,11,12). The van der Waals surface area contributed by atoms with E-state index in [9.17, 15) is 4.79 Å². The second-order valence-corrected chi connectivity index (χ2v) is 5.14. The van der Waals surface area contributed by atoms with Crippen molar-refractivity contribution in [3.05, 3.63) is 29.3 Å². The Labute approximate surface area is 105 Å². The smallest absolute Gasteiger partial charge is 0.337 e. The molecular formula is C7H3BrI2O2. The Morgan fingerprint density at radius 3 is 2.25 bits per heavy atom. The minimum absolute atomic E-state index is 0.336. The van der Waals surface area contributed by atoms with E-state index in [1.165, 1.54) is 0 Å². The fraction of sp³-hybridized carbons (Fsp3) is 0. The monoisotopic (exact) mass is 452 g/mol. The number of rotatable bonds is 1. The highest BCUT2D eigenvalue weighted by molar-refractivity contribution is 14.1. The van der Waals surface area contributed by atoms with Gasteiger partial charge in [0.1, 0.15) is 0 Å². The molecule has 0 saturated heterocycles. The maximum Gasteiger partial charge on any atom is 0.337 e. The molecule has 1 N–H and O–H groups in total. The predicted molar refractivity (Wildman–Crippen MR) is 66.5 cm³/mol. The Morgan fingerprint density at radius 2 is 1.83 bits per heavy atom. The molecule has 1 aromatic rings. The molecule has 0 spiro atoms. The molecule has 0 atom stereocenters. The molecule has 0 heterocycles. The van der Waals surface area contributed by atoms with E-state index in [1.807, 2.05) is 28.7 Å². The lowest BCUT2D eigenvalue weighted by molar-refractivity contribution is 0.0694. The van der Waals surface area contributed by atoms with Gasteiger partial charge in [-0.25, -0.2) is 4.79 Å². The molecule has 0 aromatic heterocycles. The van der Waals surface area contributed by atoms with Gasteiger partial charge in [-0.05, 0) is 73.2 Å². The lowest BCUT2D eigenvalue weighted by Crippen LogP contribution is -2.02. The van der Waals surface area contributed by atoms with Crippen molar-refractivity contribution in [2.45, 2.75) is 0 Å². The van der Waals surface area contributed by atoms with Gasteiger partial charge < -0.3 is 5.11 Å². The summed E-state index contributed by atoms with van der Waals surface area (Å²) in [5, 5.41) is 8.83. The maximum atomic E-state index is 10.8. The van der Waals surface area contributed by atoms with Gasteiger partial charge in [-0.3, -0.25) is 0 Å². The summed E-state index contributed by atoms with van der Waals surface area (Å²) in [5.74, 6) is -0.898. The Kier molecular flexibility index (Phi) is 3.77. The third kappa shape index (κ3) is 2.11. The van der Waals surface area contributed by atoms with Crippen LogP contribution in [0.4, 0.5) is 0 Å². The van der Waals surface area contributed by atoms with Gasteiger partial charge in [0.15, 0.2) is 0 Å². The van der Waals surface area contributed by atoms with Crippen LogP contribution in [0.3, 0.4) is 0 Å². The first-order valence-corrected chi connectivity index (χ1v) is 5.86. The normalized spacial score (nSPS) is 9.92. The zero-order valence-corrected chi connectivity index (χ0v) is 11.5. The van der Waals surface area contributed by atoms with E-state index in [-0.39, 0.29) is 0 Å². The third-order valence-electron chi connectivity index (χ3n) is 1.26. The summed E-state index contributed by atoms with van der Waals surface area (Å²) in [5.41, 5.74) is 0.336. The molecule has 0 aliphatic rings. The predicted octanol–water partition coefficient (Wildman–Crippen LogP) is 3.36. The van der Waals surface area contributed by atoms with Crippen molar-refractivity contribution >= 4 is 67.1 Å². The molecule has 1 aromatic carbocycles. The number of hydrogen-bond donors (Lipinski definition) is 1. The minimum Gasteiger partial charge on any atom is -0.478 e. The summed E-state index contributed by atoms with van der Waals surface area (Å²) < 4.78 is 2.31. The maximum absolute atomic E-state index is 10.8. The van der Waals surface area contributed by atoms with Crippen LogP contribution in [0.15, 0.2) is 16.6 Å². The highest BCUT2D eigenvalue weighted by Gasteiger charge is 2.14. The van der Waals surface area contributed by atoms with E-state index in [0.29, 0.717) is 10.0 Å². The van der Waals surface area contributed by atoms with Crippen molar-refractivity contribution < 1.29 is 9.90 Å². The first-order valence-electron chi connectivity index (χ1n) is 2.91. The quantitative estimate of drug-likeness (QED) is 0.524. The molecule has 0 radical (unpaired) electrons. The lowest BCUT2D eigenvalue weighted by atomic mass is 10.2. The van der Waals surface area contributed by atoms with Gasteiger partial charge in [-0.1, -0.05) is 0 Å². The summed E-state index contributed by atoms with van der Waals surface area (Å²) in [4.78, 5) is 10.8. The second-order valence-electron chi connectivity index (χ2n) is 2.02. The van der Waals surface area contributed by atoms with Gasteiger partial charge in [0.05, 0.1) is 5.56 Å². The van der Waals surface area contributed by atoms with Crippen molar-refractivity contribution in [3.8, 4) is 0 Å². The number of aromatic carboxylic acids is 1. The fourth-order valence-electron chi connectivity index (χ4n) is 0.723. The van der Waals surface area contributed by atoms with Crippen LogP contribution in [-0.4, -0.2) is 11.1 Å². The lowest BCUT2D eigenvalue weighted by Gasteiger charge is -2.03. The van der Waals surface area contributed by atoms with Crippen LogP contribution < -0.4 is 0 Å². The van der Waals surface area contributed by atoms with Gasteiger partial charge >= 0.3 is 5.97 Å². The fourth-order valence-corrected chi connectivity index (χ4v) is 2.74. The van der Waals surface area contributed by atoms with Gasteiger partial charge in [0, 0.05) is 11.6 Å². The zero-order valence-electron chi connectivity index (χ0n) is 5.64. The molecule has 12 heavy (non-hydrogen) atoms. The molecule has 1 rings (SSSR count). The molecule has 0 unspecified atom stereocenters. The molecule has 0 bridgehead atoms. The van der Waals surface area contributed by atoms with Gasteiger partial charge in [-0.15, -0.1) is 0 Å². The molecule has 0 saturated carbocycles. The number of carboxylic acids is 1. The van der Waals surface area contributed by atoms with E-state index in [1.54, 1.807) is 6.07 Å². The average Bonchev–Trinajstić information content (AvgIpc) is 1.97. The summed E-state index contributed by atoms with van der Waals surface area (Å²) in [6.07, 6.45) is 0. The van der Waals surface area contributed by atoms with Crippen molar-refractivity contribution in [3.63, 3.8) is 0 Å². The van der Waals surface area contributed by atoms with Crippen molar-refractivity contribution in [1.29, 1.82) is 0 Å². The van der Waals surface area contributed by atoms with E-state index < -0.39 is 5.97 Å². The molecule has 64 valence electrons. The first kappa shape index (κ1) is 10.7. The van der Waals surface area contributed by atoms with Gasteiger partial charge in [0.2, 0.25) is 0 Å². The highest BCUT2D eigenvalue weighted by Crippen LogP contribution is 2.27. The Morgan fingerprint density at radius 1 is 1.33 bits per heavy atom. The SMILES string of the molecule is O=C(O)c1c(I)ccc(I)c1Br. The van der Waals surface area contributed by atoms with Crippen LogP contribution in [0.25, 0.3) is 0 Å². The molecule has 0 fully saturated rings. The topological polar surface area (TPSA) is 37.3 Å². The Hall–Kier alpha value is 0.630. The molecule has 0 aliphatic carbocycles. The van der Waals surface area contributed by atoms with E-state index in [4.69, 9.17) is 5.11 Å². The summed E-state index contributed by atoms with van der Waals surface area (Å²) >= 11 is 7.33. The summed E-state index contributed by atoms with van der Waals surface area (Å²) in [7, 11) is 0. The second kappa shape index (κ2) is 4.23. The zero-order chi connectivity index (χ0) is 9.30. The van der Waals surface area contributed by atoms with Crippen LogP contribution in [0.2, 0.25) is 0 Å². The molecule has 5 heteroatoms. The number of carbonyl (C=O) groups is 1. The highest BCUT2D eigenvalue weighted by atomic mass is 127. The largest absolute Gasteiger partial charge is 0.478 e. The number of benzene rings is 1. The van der Waals surface area contributed by atoms with Crippen LogP contribution in [-0.2, 0) is 0 Å². The molecule has 2 nitrogen and oxygen atoms in total. The molecule has 0 amide bonds. The van der Waals surface area contributed by atoms with Crippen LogP contribution in [0.5, 0.6) is 0 Å². The summed E-state index contributed by atoms with van der Waals surface area (Å²) in [6.45, 7) is 0. The Balaban J connectivity index is 3.43. The minimum atomic E-state index is -0.898. The van der Waals surface area contributed by atoms with Gasteiger partial charge in [0.25, 0.3) is 0 Å². The van der Waals surface area contributed by atoms with E-state index in [2.05, 4.69) is 38.5 Å². The summed E-state index contributed by atoms with van der Waals surface area (Å²) in [6, 6.07) is 3.66. The number of carboxylic acid groups (broad SMARTS) is 1. The van der Waals surface area contributed by atoms with E-state index >= 15 is 0 Å². The van der Waals surface area contributed by atoms with Crippen LogP contribution >= 0.6 is 61.1 Å². The van der Waals surface area contributed by atoms with Gasteiger partial charge in [-0.2, -0.15) is 0 Å². The van der Waals surface area contributed by atoms with Crippen LogP contribution in [0, 0.1) is 7.14 Å². The van der Waals surface area contributed by atoms with Crippen molar-refractivity contribution in [2.24, 2.45) is 0 Å². The van der Waals surface area contributed by atoms with Crippen molar-refractivity contribution in [1.82, 2.24) is 0 Å².